The highest BCUT2D eigenvalue weighted by Crippen LogP contribution is 2.45. The van der Waals surface area contributed by atoms with Crippen LogP contribution in [-0.2, 0) is 4.79 Å². The summed E-state index contributed by atoms with van der Waals surface area (Å²) in [5, 5.41) is 8.66. The normalized spacial score (nSPS) is 39.8. The number of carboxylic acids is 1. The van der Waals surface area contributed by atoms with Crippen LogP contribution in [0.4, 0.5) is 0 Å². The summed E-state index contributed by atoms with van der Waals surface area (Å²) in [5.74, 6) is 1.62. The SMILES string of the molecule is O=C(O)CC1CC2CCC(C2)C1. The summed E-state index contributed by atoms with van der Waals surface area (Å²) in [6.45, 7) is 0. The molecule has 0 saturated heterocycles. The van der Waals surface area contributed by atoms with Crippen molar-refractivity contribution in [1.82, 2.24) is 0 Å². The summed E-state index contributed by atoms with van der Waals surface area (Å²) >= 11 is 0. The molecule has 0 amide bonds. The first-order chi connectivity index (χ1) is 5.74. The molecular weight excluding hydrogens is 152 g/mol. The number of hydrogen-bond acceptors (Lipinski definition) is 1. The standard InChI is InChI=1S/C10H16O2/c11-10(12)6-9-4-7-1-2-8(3-7)5-9/h7-9H,1-6H2,(H,11,12). The van der Waals surface area contributed by atoms with Gasteiger partial charge in [0.1, 0.15) is 0 Å². The fourth-order valence-electron chi connectivity index (χ4n) is 3.06. The van der Waals surface area contributed by atoms with Crippen LogP contribution in [-0.4, -0.2) is 11.1 Å². The zero-order chi connectivity index (χ0) is 8.55. The Bertz CT molecular complexity index is 176. The second kappa shape index (κ2) is 3.08. The highest BCUT2D eigenvalue weighted by molar-refractivity contribution is 5.67. The minimum Gasteiger partial charge on any atom is -0.481 e. The Morgan fingerprint density at radius 1 is 1.17 bits per heavy atom. The molecule has 0 aromatic heterocycles. The van der Waals surface area contributed by atoms with Gasteiger partial charge >= 0.3 is 5.97 Å². The molecule has 1 N–H and O–H groups in total. The van der Waals surface area contributed by atoms with Crippen LogP contribution in [0, 0.1) is 17.8 Å². The van der Waals surface area contributed by atoms with Gasteiger partial charge in [-0.25, -0.2) is 0 Å². The average molecular weight is 168 g/mol. The molecule has 0 radical (unpaired) electrons. The molecule has 2 nitrogen and oxygen atoms in total. The number of aliphatic carboxylic acids is 1. The van der Waals surface area contributed by atoms with Crippen LogP contribution in [0.1, 0.15) is 38.5 Å². The van der Waals surface area contributed by atoms with Gasteiger partial charge in [0.05, 0.1) is 0 Å². The second-order valence-corrected chi connectivity index (χ2v) is 4.48. The Morgan fingerprint density at radius 2 is 1.75 bits per heavy atom. The van der Waals surface area contributed by atoms with Crippen LogP contribution in [0.5, 0.6) is 0 Å². The molecule has 2 saturated carbocycles. The number of fused-ring (bicyclic) bond motifs is 2. The summed E-state index contributed by atoms with van der Waals surface area (Å²) in [7, 11) is 0. The molecule has 0 aliphatic heterocycles. The number of carbonyl (C=O) groups is 1. The van der Waals surface area contributed by atoms with Gasteiger partial charge in [0, 0.05) is 6.42 Å². The molecule has 2 aliphatic carbocycles. The van der Waals surface area contributed by atoms with Crippen molar-refractivity contribution < 1.29 is 9.90 Å². The van der Waals surface area contributed by atoms with Gasteiger partial charge in [-0.15, -0.1) is 0 Å². The van der Waals surface area contributed by atoms with E-state index in [4.69, 9.17) is 5.11 Å². The monoisotopic (exact) mass is 168 g/mol. The summed E-state index contributed by atoms with van der Waals surface area (Å²) in [4.78, 5) is 10.5. The van der Waals surface area contributed by atoms with Crippen molar-refractivity contribution in [1.29, 1.82) is 0 Å². The largest absolute Gasteiger partial charge is 0.481 e. The van der Waals surface area contributed by atoms with Gasteiger partial charge < -0.3 is 5.11 Å². The summed E-state index contributed by atoms with van der Waals surface area (Å²) in [6.07, 6.45) is 6.89. The van der Waals surface area contributed by atoms with E-state index < -0.39 is 5.97 Å². The Hall–Kier alpha value is -0.530. The second-order valence-electron chi connectivity index (χ2n) is 4.48. The van der Waals surface area contributed by atoms with E-state index in [2.05, 4.69) is 0 Å². The third-order valence-electron chi connectivity index (χ3n) is 3.45. The Balaban J connectivity index is 1.89. The third-order valence-corrected chi connectivity index (χ3v) is 3.45. The number of carboxylic acid groups (broad SMARTS) is 1. The predicted octanol–water partition coefficient (Wildman–Crippen LogP) is 2.29. The molecular formula is C10H16O2. The van der Waals surface area contributed by atoms with Crippen molar-refractivity contribution >= 4 is 5.97 Å². The first-order valence-electron chi connectivity index (χ1n) is 4.96. The van der Waals surface area contributed by atoms with E-state index in [-0.39, 0.29) is 0 Å². The maximum absolute atomic E-state index is 10.5. The Labute approximate surface area is 73.0 Å². The van der Waals surface area contributed by atoms with Crippen LogP contribution < -0.4 is 0 Å². The minimum absolute atomic E-state index is 0.410. The highest BCUT2D eigenvalue weighted by atomic mass is 16.4. The molecule has 2 aliphatic rings. The topological polar surface area (TPSA) is 37.3 Å². The summed E-state index contributed by atoms with van der Waals surface area (Å²) in [5.41, 5.74) is 0. The van der Waals surface area contributed by atoms with Gasteiger partial charge in [-0.05, 0) is 37.0 Å². The van der Waals surface area contributed by atoms with E-state index in [0.29, 0.717) is 12.3 Å². The molecule has 0 aromatic rings. The van der Waals surface area contributed by atoms with E-state index in [1.807, 2.05) is 0 Å². The van der Waals surface area contributed by atoms with Gasteiger partial charge in [-0.3, -0.25) is 4.79 Å². The van der Waals surface area contributed by atoms with Gasteiger partial charge in [-0.2, -0.15) is 0 Å². The van der Waals surface area contributed by atoms with Crippen molar-refractivity contribution in [2.45, 2.75) is 38.5 Å². The molecule has 2 rings (SSSR count). The van der Waals surface area contributed by atoms with Crippen LogP contribution >= 0.6 is 0 Å². The van der Waals surface area contributed by atoms with Crippen molar-refractivity contribution in [3.05, 3.63) is 0 Å². The zero-order valence-corrected chi connectivity index (χ0v) is 7.33. The van der Waals surface area contributed by atoms with Gasteiger partial charge in [0.2, 0.25) is 0 Å². The quantitative estimate of drug-likeness (QED) is 0.686. The first kappa shape index (κ1) is 8.09. The van der Waals surface area contributed by atoms with E-state index in [9.17, 15) is 4.79 Å². The fourth-order valence-corrected chi connectivity index (χ4v) is 3.06. The van der Waals surface area contributed by atoms with Gasteiger partial charge in [0.25, 0.3) is 0 Å². The van der Waals surface area contributed by atoms with Crippen molar-refractivity contribution in [3.63, 3.8) is 0 Å². The van der Waals surface area contributed by atoms with Crippen LogP contribution in [0.15, 0.2) is 0 Å². The van der Waals surface area contributed by atoms with Crippen LogP contribution in [0.3, 0.4) is 0 Å². The lowest BCUT2D eigenvalue weighted by molar-refractivity contribution is -0.138. The zero-order valence-electron chi connectivity index (χ0n) is 7.33. The molecule has 68 valence electrons. The Kier molecular flexibility index (Phi) is 2.07. The van der Waals surface area contributed by atoms with Gasteiger partial charge in [-0.1, -0.05) is 12.8 Å². The lowest BCUT2D eigenvalue weighted by Gasteiger charge is -2.26. The summed E-state index contributed by atoms with van der Waals surface area (Å²) in [6, 6.07) is 0. The Morgan fingerprint density at radius 3 is 2.25 bits per heavy atom. The molecule has 2 bridgehead atoms. The maximum atomic E-state index is 10.5. The van der Waals surface area contributed by atoms with E-state index in [1.165, 1.54) is 32.1 Å². The highest BCUT2D eigenvalue weighted by Gasteiger charge is 2.34. The first-order valence-corrected chi connectivity index (χ1v) is 4.96. The number of hydrogen-bond donors (Lipinski definition) is 1. The molecule has 0 spiro atoms. The van der Waals surface area contributed by atoms with E-state index in [1.54, 1.807) is 0 Å². The van der Waals surface area contributed by atoms with Gasteiger partial charge in [0.15, 0.2) is 0 Å². The molecule has 12 heavy (non-hydrogen) atoms. The van der Waals surface area contributed by atoms with Crippen LogP contribution in [0.2, 0.25) is 0 Å². The smallest absolute Gasteiger partial charge is 0.303 e. The summed E-state index contributed by atoms with van der Waals surface area (Å²) < 4.78 is 0. The lowest BCUT2D eigenvalue weighted by atomic mass is 9.79. The van der Waals surface area contributed by atoms with Crippen molar-refractivity contribution in [2.24, 2.45) is 17.8 Å². The molecule has 2 atom stereocenters. The molecule has 0 aromatic carbocycles. The van der Waals surface area contributed by atoms with E-state index in [0.717, 1.165) is 11.8 Å². The molecule has 0 heterocycles. The molecule has 2 unspecified atom stereocenters. The maximum Gasteiger partial charge on any atom is 0.303 e. The fraction of sp³-hybridized carbons (Fsp3) is 0.900. The number of rotatable bonds is 2. The lowest BCUT2D eigenvalue weighted by Crippen LogP contribution is -2.18. The van der Waals surface area contributed by atoms with E-state index >= 15 is 0 Å². The van der Waals surface area contributed by atoms with Crippen molar-refractivity contribution in [2.75, 3.05) is 0 Å². The third kappa shape index (κ3) is 1.62. The van der Waals surface area contributed by atoms with Crippen molar-refractivity contribution in [3.8, 4) is 0 Å². The van der Waals surface area contributed by atoms with Crippen LogP contribution in [0.25, 0.3) is 0 Å². The molecule has 2 fully saturated rings. The average Bonchev–Trinajstić information content (AvgIpc) is 2.29. The molecule has 2 heteroatoms. The minimum atomic E-state index is -0.610. The predicted molar refractivity (Wildman–Crippen MR) is 45.8 cm³/mol.